The van der Waals surface area contributed by atoms with Gasteiger partial charge in [0.25, 0.3) is 0 Å². The van der Waals surface area contributed by atoms with Gasteiger partial charge in [-0.05, 0) is 55.3 Å². The van der Waals surface area contributed by atoms with E-state index < -0.39 is 0 Å². The zero-order valence-corrected chi connectivity index (χ0v) is 17.3. The molecule has 146 valence electrons. The molecular formula is C24H23ClN4. The van der Waals surface area contributed by atoms with Crippen molar-refractivity contribution in [3.63, 3.8) is 0 Å². The largest absolute Gasteiger partial charge is 0.356 e. The quantitative estimate of drug-likeness (QED) is 0.397. The molecule has 29 heavy (non-hydrogen) atoms. The minimum atomic E-state index is 0.564. The number of fused-ring (bicyclic) bond motifs is 1. The summed E-state index contributed by atoms with van der Waals surface area (Å²) < 4.78 is 0. The van der Waals surface area contributed by atoms with Gasteiger partial charge in [0.2, 0.25) is 5.95 Å². The summed E-state index contributed by atoms with van der Waals surface area (Å²) in [6, 6.07) is 24.4. The molecule has 4 aromatic rings. The van der Waals surface area contributed by atoms with Crippen LogP contribution in [0.15, 0.2) is 72.8 Å². The molecule has 4 rings (SSSR count). The molecule has 0 saturated heterocycles. The third kappa shape index (κ3) is 4.17. The maximum atomic E-state index is 6.21. The van der Waals surface area contributed by atoms with Crippen molar-refractivity contribution >= 4 is 40.0 Å². The van der Waals surface area contributed by atoms with Crippen LogP contribution < -0.4 is 10.2 Å². The maximum absolute atomic E-state index is 6.21. The second-order valence-electron chi connectivity index (χ2n) is 6.77. The molecule has 5 heteroatoms. The van der Waals surface area contributed by atoms with Gasteiger partial charge >= 0.3 is 0 Å². The van der Waals surface area contributed by atoms with E-state index in [1.807, 2.05) is 48.5 Å². The SMILES string of the molecule is CCN(CC)c1nc(Nc2ccc(-c3ccccc3)cc2)nc2cc(Cl)ccc12. The van der Waals surface area contributed by atoms with E-state index in [4.69, 9.17) is 21.6 Å². The zero-order valence-electron chi connectivity index (χ0n) is 16.6. The van der Waals surface area contributed by atoms with Gasteiger partial charge in [0.05, 0.1) is 5.52 Å². The fourth-order valence-electron chi connectivity index (χ4n) is 3.41. The van der Waals surface area contributed by atoms with Crippen molar-refractivity contribution < 1.29 is 0 Å². The highest BCUT2D eigenvalue weighted by Gasteiger charge is 2.13. The van der Waals surface area contributed by atoms with Gasteiger partial charge in [0, 0.05) is 29.2 Å². The Morgan fingerprint density at radius 2 is 1.52 bits per heavy atom. The highest BCUT2D eigenvalue weighted by atomic mass is 35.5. The Kier molecular flexibility index (Phi) is 5.63. The summed E-state index contributed by atoms with van der Waals surface area (Å²) >= 11 is 6.21. The molecular weight excluding hydrogens is 380 g/mol. The monoisotopic (exact) mass is 402 g/mol. The molecule has 0 radical (unpaired) electrons. The van der Waals surface area contributed by atoms with Crippen molar-refractivity contribution in [3.05, 3.63) is 77.8 Å². The fourth-order valence-corrected chi connectivity index (χ4v) is 3.58. The first-order valence-corrected chi connectivity index (χ1v) is 10.2. The summed E-state index contributed by atoms with van der Waals surface area (Å²) in [5.74, 6) is 1.48. The molecule has 0 bridgehead atoms. The Morgan fingerprint density at radius 3 is 2.21 bits per heavy atom. The molecule has 0 saturated carbocycles. The van der Waals surface area contributed by atoms with Crippen molar-refractivity contribution in [2.75, 3.05) is 23.3 Å². The molecule has 0 atom stereocenters. The van der Waals surface area contributed by atoms with Crippen molar-refractivity contribution in [1.29, 1.82) is 0 Å². The number of aromatic nitrogens is 2. The topological polar surface area (TPSA) is 41.1 Å². The van der Waals surface area contributed by atoms with Gasteiger partial charge in [-0.15, -0.1) is 0 Å². The van der Waals surface area contributed by atoms with Crippen molar-refractivity contribution in [3.8, 4) is 11.1 Å². The van der Waals surface area contributed by atoms with Crippen LogP contribution in [0.4, 0.5) is 17.5 Å². The van der Waals surface area contributed by atoms with E-state index in [0.717, 1.165) is 35.5 Å². The van der Waals surface area contributed by atoms with E-state index in [9.17, 15) is 0 Å². The average Bonchev–Trinajstić information content (AvgIpc) is 2.75. The van der Waals surface area contributed by atoms with E-state index in [2.05, 4.69) is 48.3 Å². The summed E-state index contributed by atoms with van der Waals surface area (Å²) in [6.45, 7) is 6.00. The molecule has 4 nitrogen and oxygen atoms in total. The van der Waals surface area contributed by atoms with Gasteiger partial charge in [-0.3, -0.25) is 0 Å². The Morgan fingerprint density at radius 1 is 0.828 bits per heavy atom. The zero-order chi connectivity index (χ0) is 20.2. The predicted molar refractivity (Wildman–Crippen MR) is 123 cm³/mol. The number of nitrogens with one attached hydrogen (secondary N) is 1. The van der Waals surface area contributed by atoms with Crippen molar-refractivity contribution in [2.45, 2.75) is 13.8 Å². The smallest absolute Gasteiger partial charge is 0.229 e. The van der Waals surface area contributed by atoms with E-state index >= 15 is 0 Å². The van der Waals surface area contributed by atoms with Gasteiger partial charge in [-0.25, -0.2) is 4.98 Å². The van der Waals surface area contributed by atoms with Crippen LogP contribution in [-0.2, 0) is 0 Å². The van der Waals surface area contributed by atoms with E-state index in [-0.39, 0.29) is 0 Å². The molecule has 0 amide bonds. The number of hydrogen-bond donors (Lipinski definition) is 1. The minimum absolute atomic E-state index is 0.564. The molecule has 0 fully saturated rings. The van der Waals surface area contributed by atoms with Crippen LogP contribution in [0, 0.1) is 0 Å². The molecule has 0 aliphatic carbocycles. The van der Waals surface area contributed by atoms with Crippen molar-refractivity contribution in [2.24, 2.45) is 0 Å². The molecule has 0 aliphatic rings. The van der Waals surface area contributed by atoms with Gasteiger partial charge in [0.15, 0.2) is 0 Å². The van der Waals surface area contributed by atoms with Gasteiger partial charge in [-0.2, -0.15) is 4.98 Å². The Labute approximate surface area is 176 Å². The van der Waals surface area contributed by atoms with Gasteiger partial charge in [0.1, 0.15) is 5.82 Å². The number of benzene rings is 3. The van der Waals surface area contributed by atoms with Crippen LogP contribution >= 0.6 is 11.6 Å². The Hall–Kier alpha value is -3.11. The number of nitrogens with zero attached hydrogens (tertiary/aromatic N) is 3. The van der Waals surface area contributed by atoms with Crippen LogP contribution in [0.2, 0.25) is 5.02 Å². The van der Waals surface area contributed by atoms with E-state index in [0.29, 0.717) is 11.0 Å². The highest BCUT2D eigenvalue weighted by Crippen LogP contribution is 2.29. The Bertz CT molecular complexity index is 1110. The normalized spacial score (nSPS) is 10.9. The Balaban J connectivity index is 1.68. The van der Waals surface area contributed by atoms with Crippen LogP contribution in [0.25, 0.3) is 22.0 Å². The molecule has 0 aliphatic heterocycles. The predicted octanol–water partition coefficient (Wildman–Crippen LogP) is 6.54. The van der Waals surface area contributed by atoms with E-state index in [1.54, 1.807) is 0 Å². The molecule has 1 N–H and O–H groups in total. The summed E-state index contributed by atoms with van der Waals surface area (Å²) in [7, 11) is 0. The average molecular weight is 403 g/mol. The first kappa shape index (κ1) is 19.2. The number of rotatable bonds is 6. The molecule has 3 aromatic carbocycles. The maximum Gasteiger partial charge on any atom is 0.229 e. The summed E-state index contributed by atoms with van der Waals surface area (Å²) in [5.41, 5.74) is 4.14. The third-order valence-electron chi connectivity index (χ3n) is 4.95. The number of hydrogen-bond acceptors (Lipinski definition) is 4. The minimum Gasteiger partial charge on any atom is -0.356 e. The van der Waals surface area contributed by atoms with Crippen LogP contribution in [0.1, 0.15) is 13.8 Å². The third-order valence-corrected chi connectivity index (χ3v) is 5.19. The second-order valence-corrected chi connectivity index (χ2v) is 7.21. The van der Waals surface area contributed by atoms with Crippen LogP contribution in [0.3, 0.4) is 0 Å². The first-order valence-electron chi connectivity index (χ1n) is 9.82. The van der Waals surface area contributed by atoms with Gasteiger partial charge < -0.3 is 10.2 Å². The molecule has 1 aromatic heterocycles. The summed E-state index contributed by atoms with van der Waals surface area (Å²) in [5, 5.41) is 5.02. The van der Waals surface area contributed by atoms with E-state index in [1.165, 1.54) is 11.1 Å². The molecule has 1 heterocycles. The molecule has 0 spiro atoms. The molecule has 0 unspecified atom stereocenters. The summed E-state index contributed by atoms with van der Waals surface area (Å²) in [4.78, 5) is 11.7. The standard InChI is InChI=1S/C24H23ClN4/c1-3-29(4-2)23-21-15-12-19(25)16-22(21)27-24(28-23)26-20-13-10-18(11-14-20)17-8-6-5-7-9-17/h5-16H,3-4H2,1-2H3,(H,26,27,28). The fraction of sp³-hybridized carbons (Fsp3) is 0.167. The van der Waals surface area contributed by atoms with Crippen LogP contribution in [-0.4, -0.2) is 23.1 Å². The lowest BCUT2D eigenvalue weighted by Gasteiger charge is -2.22. The lowest BCUT2D eigenvalue weighted by atomic mass is 10.1. The number of anilines is 3. The lowest BCUT2D eigenvalue weighted by molar-refractivity contribution is 0.850. The number of halogens is 1. The summed E-state index contributed by atoms with van der Waals surface area (Å²) in [6.07, 6.45) is 0. The van der Waals surface area contributed by atoms with Crippen LogP contribution in [0.5, 0.6) is 0 Å². The second kappa shape index (κ2) is 8.50. The first-order chi connectivity index (χ1) is 14.2. The highest BCUT2D eigenvalue weighted by molar-refractivity contribution is 6.31. The van der Waals surface area contributed by atoms with Gasteiger partial charge in [-0.1, -0.05) is 54.1 Å². The van der Waals surface area contributed by atoms with Crippen molar-refractivity contribution in [1.82, 2.24) is 9.97 Å². The lowest BCUT2D eigenvalue weighted by Crippen LogP contribution is -2.23.